The minimum atomic E-state index is -1.07. The predicted octanol–water partition coefficient (Wildman–Crippen LogP) is 1.96. The van der Waals surface area contributed by atoms with Crippen molar-refractivity contribution in [1.29, 1.82) is 0 Å². The Kier molecular flexibility index (Phi) is 6.07. The van der Waals surface area contributed by atoms with Gasteiger partial charge in [-0.3, -0.25) is 19.3 Å². The molecule has 0 bridgehead atoms. The summed E-state index contributed by atoms with van der Waals surface area (Å²) >= 11 is 0. The zero-order valence-corrected chi connectivity index (χ0v) is 16.3. The molecular formula is C22H22N2O5. The van der Waals surface area contributed by atoms with Gasteiger partial charge >= 0.3 is 5.97 Å². The first kappa shape index (κ1) is 20.3. The van der Waals surface area contributed by atoms with Crippen molar-refractivity contribution in [3.05, 3.63) is 71.3 Å². The van der Waals surface area contributed by atoms with E-state index in [0.717, 1.165) is 10.5 Å². The van der Waals surface area contributed by atoms with E-state index in [1.165, 1.54) is 6.92 Å². The van der Waals surface area contributed by atoms with Gasteiger partial charge in [0, 0.05) is 6.42 Å². The number of nitrogens with zero attached hydrogens (tertiary/aromatic N) is 1. The number of hydrogen-bond donors (Lipinski definition) is 1. The lowest BCUT2D eigenvalue weighted by atomic mass is 10.1. The van der Waals surface area contributed by atoms with Gasteiger partial charge in [-0.1, -0.05) is 42.5 Å². The second-order valence-electron chi connectivity index (χ2n) is 6.70. The van der Waals surface area contributed by atoms with Gasteiger partial charge in [-0.15, -0.1) is 0 Å². The van der Waals surface area contributed by atoms with Crippen LogP contribution in [0, 0.1) is 0 Å². The highest BCUT2D eigenvalue weighted by atomic mass is 16.5. The highest BCUT2D eigenvalue weighted by molar-refractivity contribution is 6.22. The lowest BCUT2D eigenvalue weighted by Crippen LogP contribution is -2.53. The standard InChI is InChI=1S/C22H22N2O5/c1-3-29-22(28)18(13-15-9-5-4-6-10-15)23-19(25)14(2)24-20(26)16-11-7-8-12-17(16)21(24)27/h4-12,14,18H,3,13H2,1-2H3,(H,23,25)/t14?,18-/m0/s1. The zero-order chi connectivity index (χ0) is 21.0. The molecule has 29 heavy (non-hydrogen) atoms. The number of carbonyl (C=O) groups excluding carboxylic acids is 4. The summed E-state index contributed by atoms with van der Waals surface area (Å²) in [6.07, 6.45) is 0.236. The molecule has 7 nitrogen and oxygen atoms in total. The van der Waals surface area contributed by atoms with E-state index < -0.39 is 35.8 Å². The fourth-order valence-electron chi connectivity index (χ4n) is 3.26. The average molecular weight is 394 g/mol. The molecule has 0 saturated carbocycles. The topological polar surface area (TPSA) is 92.8 Å². The Balaban J connectivity index is 1.76. The Bertz CT molecular complexity index is 906. The molecule has 0 radical (unpaired) electrons. The smallest absolute Gasteiger partial charge is 0.328 e. The molecule has 0 fully saturated rings. The van der Waals surface area contributed by atoms with Crippen LogP contribution in [0.5, 0.6) is 0 Å². The largest absolute Gasteiger partial charge is 0.464 e. The average Bonchev–Trinajstić information content (AvgIpc) is 2.98. The van der Waals surface area contributed by atoms with Crippen LogP contribution in [-0.4, -0.2) is 47.3 Å². The van der Waals surface area contributed by atoms with Crippen LogP contribution in [0.1, 0.15) is 40.1 Å². The van der Waals surface area contributed by atoms with Crippen molar-refractivity contribution < 1.29 is 23.9 Å². The van der Waals surface area contributed by atoms with Crippen molar-refractivity contribution in [3.8, 4) is 0 Å². The van der Waals surface area contributed by atoms with Crippen LogP contribution in [0.3, 0.4) is 0 Å². The van der Waals surface area contributed by atoms with Crippen molar-refractivity contribution >= 4 is 23.7 Å². The number of nitrogens with one attached hydrogen (secondary N) is 1. The molecule has 3 rings (SSSR count). The van der Waals surface area contributed by atoms with E-state index in [0.29, 0.717) is 0 Å². The molecule has 150 valence electrons. The number of benzene rings is 2. The summed E-state index contributed by atoms with van der Waals surface area (Å²) in [6.45, 7) is 3.32. The lowest BCUT2D eigenvalue weighted by molar-refractivity contribution is -0.147. The van der Waals surface area contributed by atoms with Crippen LogP contribution in [0.15, 0.2) is 54.6 Å². The Labute approximate surface area is 168 Å². The molecule has 0 spiro atoms. The second kappa shape index (κ2) is 8.68. The van der Waals surface area contributed by atoms with Crippen LogP contribution < -0.4 is 5.32 Å². The van der Waals surface area contributed by atoms with Crippen LogP contribution in [0.25, 0.3) is 0 Å². The normalized spacial score (nSPS) is 14.9. The maximum atomic E-state index is 12.8. The highest BCUT2D eigenvalue weighted by Crippen LogP contribution is 2.24. The van der Waals surface area contributed by atoms with E-state index in [-0.39, 0.29) is 24.2 Å². The number of fused-ring (bicyclic) bond motifs is 1. The molecule has 0 aromatic heterocycles. The van der Waals surface area contributed by atoms with E-state index in [4.69, 9.17) is 4.74 Å². The number of ether oxygens (including phenoxy) is 1. The molecule has 0 saturated heterocycles. The first-order valence-electron chi connectivity index (χ1n) is 9.42. The molecule has 1 aliphatic rings. The molecule has 1 heterocycles. The Morgan fingerprint density at radius 2 is 1.52 bits per heavy atom. The van der Waals surface area contributed by atoms with Crippen LogP contribution in [0.2, 0.25) is 0 Å². The number of amides is 3. The van der Waals surface area contributed by atoms with Crippen LogP contribution in [-0.2, 0) is 20.7 Å². The first-order chi connectivity index (χ1) is 13.9. The zero-order valence-electron chi connectivity index (χ0n) is 16.3. The van der Waals surface area contributed by atoms with Crippen molar-refractivity contribution in [3.63, 3.8) is 0 Å². The molecule has 2 aromatic carbocycles. The van der Waals surface area contributed by atoms with Crippen LogP contribution >= 0.6 is 0 Å². The molecule has 0 aliphatic carbocycles. The van der Waals surface area contributed by atoms with Gasteiger partial charge < -0.3 is 10.1 Å². The molecule has 3 amide bonds. The summed E-state index contributed by atoms with van der Waals surface area (Å²) in [4.78, 5) is 51.3. The Hall–Kier alpha value is -3.48. The first-order valence-corrected chi connectivity index (χ1v) is 9.42. The quantitative estimate of drug-likeness (QED) is 0.572. The summed E-state index contributed by atoms with van der Waals surface area (Å²) in [7, 11) is 0. The van der Waals surface area contributed by atoms with Gasteiger partial charge in [0.2, 0.25) is 5.91 Å². The Morgan fingerprint density at radius 3 is 2.07 bits per heavy atom. The summed E-state index contributed by atoms with van der Waals surface area (Å²) in [5.41, 5.74) is 1.38. The molecule has 1 aliphatic heterocycles. The number of rotatable bonds is 7. The van der Waals surface area contributed by atoms with E-state index in [1.54, 1.807) is 31.2 Å². The fraction of sp³-hybridized carbons (Fsp3) is 0.273. The number of esters is 1. The minimum absolute atomic E-state index is 0.175. The minimum Gasteiger partial charge on any atom is -0.464 e. The van der Waals surface area contributed by atoms with Crippen molar-refractivity contribution in [1.82, 2.24) is 10.2 Å². The van der Waals surface area contributed by atoms with Crippen molar-refractivity contribution in [2.75, 3.05) is 6.61 Å². The molecule has 2 aromatic rings. The molecule has 1 unspecified atom stereocenters. The van der Waals surface area contributed by atoms with E-state index in [9.17, 15) is 19.2 Å². The fourth-order valence-corrected chi connectivity index (χ4v) is 3.26. The lowest BCUT2D eigenvalue weighted by Gasteiger charge is -2.24. The van der Waals surface area contributed by atoms with E-state index in [2.05, 4.69) is 5.32 Å². The predicted molar refractivity (Wildman–Crippen MR) is 105 cm³/mol. The third kappa shape index (κ3) is 4.18. The summed E-state index contributed by atoms with van der Waals surface area (Å²) < 4.78 is 5.07. The van der Waals surface area contributed by atoms with Gasteiger partial charge in [-0.25, -0.2) is 4.79 Å². The summed E-state index contributed by atoms with van der Waals surface area (Å²) in [6, 6.07) is 13.6. The number of hydrogen-bond acceptors (Lipinski definition) is 5. The SMILES string of the molecule is CCOC(=O)[C@H](Cc1ccccc1)NC(=O)C(C)N1C(=O)c2ccccc2C1=O. The van der Waals surface area contributed by atoms with E-state index >= 15 is 0 Å². The number of imide groups is 1. The third-order valence-corrected chi connectivity index (χ3v) is 4.76. The van der Waals surface area contributed by atoms with Gasteiger partial charge in [0.05, 0.1) is 17.7 Å². The maximum Gasteiger partial charge on any atom is 0.328 e. The van der Waals surface area contributed by atoms with Crippen LogP contribution in [0.4, 0.5) is 0 Å². The van der Waals surface area contributed by atoms with Gasteiger partial charge in [0.25, 0.3) is 11.8 Å². The molecular weight excluding hydrogens is 372 g/mol. The third-order valence-electron chi connectivity index (χ3n) is 4.76. The van der Waals surface area contributed by atoms with Crippen molar-refractivity contribution in [2.24, 2.45) is 0 Å². The van der Waals surface area contributed by atoms with Gasteiger partial charge in [-0.2, -0.15) is 0 Å². The summed E-state index contributed by atoms with van der Waals surface area (Å²) in [5, 5.41) is 2.64. The van der Waals surface area contributed by atoms with E-state index in [1.807, 2.05) is 30.3 Å². The van der Waals surface area contributed by atoms with Crippen molar-refractivity contribution in [2.45, 2.75) is 32.4 Å². The van der Waals surface area contributed by atoms with Gasteiger partial charge in [0.15, 0.2) is 0 Å². The molecule has 7 heteroatoms. The summed E-state index contributed by atoms with van der Waals surface area (Å²) in [5.74, 6) is -2.22. The maximum absolute atomic E-state index is 12.8. The Morgan fingerprint density at radius 1 is 0.966 bits per heavy atom. The second-order valence-corrected chi connectivity index (χ2v) is 6.70. The highest BCUT2D eigenvalue weighted by Gasteiger charge is 2.41. The monoisotopic (exact) mass is 394 g/mol. The van der Waals surface area contributed by atoms with Gasteiger partial charge in [0.1, 0.15) is 12.1 Å². The number of carbonyl (C=O) groups is 4. The van der Waals surface area contributed by atoms with Gasteiger partial charge in [-0.05, 0) is 31.5 Å². The molecule has 1 N–H and O–H groups in total. The molecule has 2 atom stereocenters.